The van der Waals surface area contributed by atoms with Gasteiger partial charge >= 0.3 is 6.09 Å². The third-order valence-corrected chi connectivity index (χ3v) is 2.67. The van der Waals surface area contributed by atoms with Crippen molar-refractivity contribution in [1.82, 2.24) is 4.90 Å². The fourth-order valence-electron chi connectivity index (χ4n) is 1.91. The molecule has 1 rings (SSSR count). The topological polar surface area (TPSA) is 60.8 Å². The van der Waals surface area contributed by atoms with E-state index in [2.05, 4.69) is 0 Å². The van der Waals surface area contributed by atoms with Crippen LogP contribution in [0.2, 0.25) is 0 Å². The second-order valence-electron chi connectivity index (χ2n) is 5.07. The molecule has 0 heterocycles. The lowest BCUT2D eigenvalue weighted by atomic mass is 9.99. The van der Waals surface area contributed by atoms with Gasteiger partial charge in [0.25, 0.3) is 0 Å². The van der Waals surface area contributed by atoms with Gasteiger partial charge in [-0.05, 0) is 38.5 Å². The highest BCUT2D eigenvalue weighted by atomic mass is 19.1. The van der Waals surface area contributed by atoms with E-state index in [1.54, 1.807) is 20.8 Å². The Morgan fingerprint density at radius 1 is 1.33 bits per heavy atom. The molecule has 0 spiro atoms. The van der Waals surface area contributed by atoms with Gasteiger partial charge in [-0.15, -0.1) is 0 Å². The van der Waals surface area contributed by atoms with Gasteiger partial charge in [0.15, 0.2) is 0 Å². The molecule has 1 aromatic carbocycles. The zero-order valence-electron chi connectivity index (χ0n) is 10.7. The van der Waals surface area contributed by atoms with Crippen LogP contribution < -0.4 is 0 Å². The molecule has 0 radical (unpaired) electrons. The maximum absolute atomic E-state index is 12.9. The van der Waals surface area contributed by atoms with Crippen LogP contribution in [0.4, 0.5) is 9.18 Å². The van der Waals surface area contributed by atoms with E-state index < -0.39 is 23.5 Å². The van der Waals surface area contributed by atoms with Gasteiger partial charge in [-0.2, -0.15) is 0 Å². The molecule has 0 aliphatic heterocycles. The summed E-state index contributed by atoms with van der Waals surface area (Å²) in [6, 6.07) is 4.76. The number of aliphatic hydroxyl groups excluding tert-OH is 1. The van der Waals surface area contributed by atoms with Crippen molar-refractivity contribution in [1.29, 1.82) is 0 Å². The van der Waals surface area contributed by atoms with E-state index in [4.69, 9.17) is 0 Å². The second kappa shape index (κ2) is 5.35. The lowest BCUT2D eigenvalue weighted by Gasteiger charge is -2.39. The first-order valence-corrected chi connectivity index (χ1v) is 5.66. The molecule has 1 atom stereocenters. The van der Waals surface area contributed by atoms with Crippen molar-refractivity contribution in [2.24, 2.45) is 0 Å². The maximum Gasteiger partial charge on any atom is 0.408 e. The number of rotatable bonds is 3. The van der Waals surface area contributed by atoms with Crippen LogP contribution in [0.15, 0.2) is 24.3 Å². The molecule has 0 aliphatic carbocycles. The summed E-state index contributed by atoms with van der Waals surface area (Å²) < 4.78 is 12.9. The van der Waals surface area contributed by atoms with Gasteiger partial charge < -0.3 is 10.2 Å². The van der Waals surface area contributed by atoms with E-state index in [0.29, 0.717) is 5.56 Å². The number of carbonyl (C=O) groups is 1. The van der Waals surface area contributed by atoms with E-state index in [1.165, 1.54) is 29.2 Å². The predicted molar refractivity (Wildman–Crippen MR) is 65.8 cm³/mol. The van der Waals surface area contributed by atoms with Gasteiger partial charge in [-0.1, -0.05) is 12.1 Å². The average Bonchev–Trinajstić information content (AvgIpc) is 2.24. The lowest BCUT2D eigenvalue weighted by molar-refractivity contribution is 0.0458. The smallest absolute Gasteiger partial charge is 0.408 e. The molecule has 0 saturated heterocycles. The Morgan fingerprint density at radius 3 is 2.17 bits per heavy atom. The number of benzene rings is 1. The van der Waals surface area contributed by atoms with Crippen molar-refractivity contribution in [2.45, 2.75) is 32.4 Å². The number of nitrogens with zero attached hydrogens (tertiary/aromatic N) is 1. The number of hydrogen-bond acceptors (Lipinski definition) is 2. The van der Waals surface area contributed by atoms with Crippen LogP contribution in [0.25, 0.3) is 0 Å². The van der Waals surface area contributed by atoms with Crippen molar-refractivity contribution in [3.63, 3.8) is 0 Å². The van der Waals surface area contributed by atoms with Gasteiger partial charge in [-0.25, -0.2) is 9.18 Å². The summed E-state index contributed by atoms with van der Waals surface area (Å²) in [6.07, 6.45) is -1.12. The second-order valence-corrected chi connectivity index (χ2v) is 5.07. The van der Waals surface area contributed by atoms with Gasteiger partial charge in [0.1, 0.15) is 5.82 Å². The molecule has 1 aromatic rings. The Morgan fingerprint density at radius 2 is 1.83 bits per heavy atom. The summed E-state index contributed by atoms with van der Waals surface area (Å²) in [5.74, 6) is -0.395. The van der Waals surface area contributed by atoms with E-state index in [0.717, 1.165) is 0 Å². The molecule has 18 heavy (non-hydrogen) atoms. The zero-order chi connectivity index (χ0) is 13.9. The van der Waals surface area contributed by atoms with E-state index >= 15 is 0 Å². The van der Waals surface area contributed by atoms with Gasteiger partial charge in [0.05, 0.1) is 12.6 Å². The normalized spacial score (nSPS) is 13.2. The molecule has 100 valence electrons. The highest BCUT2D eigenvalue weighted by Gasteiger charge is 2.33. The average molecular weight is 255 g/mol. The third kappa shape index (κ3) is 3.20. The van der Waals surface area contributed by atoms with Crippen LogP contribution in [-0.2, 0) is 0 Å². The van der Waals surface area contributed by atoms with Gasteiger partial charge in [0.2, 0.25) is 0 Å². The van der Waals surface area contributed by atoms with Crippen LogP contribution in [0.5, 0.6) is 0 Å². The zero-order valence-corrected chi connectivity index (χ0v) is 10.7. The first-order chi connectivity index (χ1) is 8.27. The van der Waals surface area contributed by atoms with Crippen LogP contribution >= 0.6 is 0 Å². The van der Waals surface area contributed by atoms with Crippen molar-refractivity contribution >= 4 is 6.09 Å². The summed E-state index contributed by atoms with van der Waals surface area (Å²) in [5, 5.41) is 18.7. The van der Waals surface area contributed by atoms with Crippen LogP contribution in [0.3, 0.4) is 0 Å². The van der Waals surface area contributed by atoms with Crippen molar-refractivity contribution in [2.75, 3.05) is 6.61 Å². The number of amides is 1. The number of carboxylic acid groups (broad SMARTS) is 1. The largest absolute Gasteiger partial charge is 0.465 e. The van der Waals surface area contributed by atoms with Crippen molar-refractivity contribution in [3.8, 4) is 0 Å². The molecule has 0 aromatic heterocycles. The van der Waals surface area contributed by atoms with E-state index in [1.807, 2.05) is 0 Å². The Hall–Kier alpha value is -1.62. The minimum atomic E-state index is -1.12. The Labute approximate surface area is 106 Å². The molecular weight excluding hydrogens is 237 g/mol. The first-order valence-electron chi connectivity index (χ1n) is 5.66. The Kier molecular flexibility index (Phi) is 4.29. The van der Waals surface area contributed by atoms with E-state index in [9.17, 15) is 19.4 Å². The SMILES string of the molecule is CC(C)(C)N(C(=O)O)[C@@H](CO)c1ccc(F)cc1. The highest BCUT2D eigenvalue weighted by molar-refractivity contribution is 5.67. The Bertz CT molecular complexity index is 411. The summed E-state index contributed by atoms with van der Waals surface area (Å²) in [6.45, 7) is 4.88. The molecule has 4 nitrogen and oxygen atoms in total. The molecular formula is C13H18FNO3. The fraction of sp³-hybridized carbons (Fsp3) is 0.462. The molecule has 0 aliphatic rings. The molecule has 0 unspecified atom stereocenters. The van der Waals surface area contributed by atoms with Crippen LogP contribution in [0.1, 0.15) is 32.4 Å². The summed E-state index contributed by atoms with van der Waals surface area (Å²) >= 11 is 0. The molecule has 2 N–H and O–H groups in total. The van der Waals surface area contributed by atoms with Crippen molar-refractivity contribution < 1.29 is 19.4 Å². The molecule has 5 heteroatoms. The summed E-state index contributed by atoms with van der Waals surface area (Å²) in [7, 11) is 0. The molecule has 0 fully saturated rings. The monoisotopic (exact) mass is 255 g/mol. The van der Waals surface area contributed by atoms with Crippen molar-refractivity contribution in [3.05, 3.63) is 35.6 Å². The Balaban J connectivity index is 3.14. The lowest BCUT2D eigenvalue weighted by Crippen LogP contribution is -2.48. The summed E-state index contributed by atoms with van der Waals surface area (Å²) in [5.41, 5.74) is -0.0932. The minimum absolute atomic E-state index is 0.352. The quantitative estimate of drug-likeness (QED) is 0.872. The van der Waals surface area contributed by atoms with Gasteiger partial charge in [-0.3, -0.25) is 4.90 Å². The molecule has 0 bridgehead atoms. The van der Waals surface area contributed by atoms with Gasteiger partial charge in [0, 0.05) is 5.54 Å². The van der Waals surface area contributed by atoms with E-state index in [-0.39, 0.29) is 6.61 Å². The number of halogens is 1. The predicted octanol–water partition coefficient (Wildman–Crippen LogP) is 2.64. The summed E-state index contributed by atoms with van der Waals surface area (Å²) in [4.78, 5) is 12.5. The number of hydrogen-bond donors (Lipinski definition) is 2. The van der Waals surface area contributed by atoms with Crippen LogP contribution in [-0.4, -0.2) is 33.4 Å². The van der Waals surface area contributed by atoms with Crippen LogP contribution in [0, 0.1) is 5.82 Å². The minimum Gasteiger partial charge on any atom is -0.465 e. The first kappa shape index (κ1) is 14.4. The molecule has 1 amide bonds. The maximum atomic E-state index is 12.9. The fourth-order valence-corrected chi connectivity index (χ4v) is 1.91. The molecule has 0 saturated carbocycles. The highest BCUT2D eigenvalue weighted by Crippen LogP contribution is 2.28. The standard InChI is InChI=1S/C13H18FNO3/c1-13(2,3)15(12(17)18)11(8-16)9-4-6-10(14)7-5-9/h4-7,11,16H,8H2,1-3H3,(H,17,18)/t11-/m0/s1. The number of aliphatic hydroxyl groups is 1. The third-order valence-electron chi connectivity index (χ3n) is 2.67.